The molecule has 0 saturated carbocycles. The number of thiazole rings is 1. The summed E-state index contributed by atoms with van der Waals surface area (Å²) in [5.74, 6) is 1.34. The number of benzene rings is 2. The van der Waals surface area contributed by atoms with Crippen LogP contribution in [0.3, 0.4) is 0 Å². The topological polar surface area (TPSA) is 68.5 Å². The van der Waals surface area contributed by atoms with E-state index in [2.05, 4.69) is 20.9 Å². The second-order valence-electron chi connectivity index (χ2n) is 6.33. The zero-order valence-corrected chi connectivity index (χ0v) is 18.6. The number of fused-ring (bicyclic) bond motifs is 1. The molecular weight excluding hydrogens is 440 g/mol. The number of carbonyl (C=O) groups excluding carboxylic acids is 1. The van der Waals surface area contributed by atoms with Crippen molar-refractivity contribution >= 4 is 51.3 Å². The molecule has 154 valence electrons. The average Bonchev–Trinajstić information content (AvgIpc) is 3.33. The third kappa shape index (κ3) is 4.77. The molecule has 0 fully saturated rings. The predicted molar refractivity (Wildman–Crippen MR) is 123 cm³/mol. The van der Waals surface area contributed by atoms with Gasteiger partial charge in [0.1, 0.15) is 5.75 Å². The molecular formula is C21H19ClN4O2S2. The molecule has 0 aliphatic heterocycles. The Balaban J connectivity index is 1.37. The number of anilines is 1. The predicted octanol–water partition coefficient (Wildman–Crippen LogP) is 5.63. The highest BCUT2D eigenvalue weighted by molar-refractivity contribution is 7.99. The Kier molecular flexibility index (Phi) is 6.56. The van der Waals surface area contributed by atoms with Gasteiger partial charge in [0, 0.05) is 28.3 Å². The van der Waals surface area contributed by atoms with Crippen molar-refractivity contribution in [3.63, 3.8) is 0 Å². The van der Waals surface area contributed by atoms with Gasteiger partial charge in [0.05, 0.1) is 12.3 Å². The molecule has 0 unspecified atom stereocenters. The van der Waals surface area contributed by atoms with Gasteiger partial charge in [0.25, 0.3) is 0 Å². The lowest BCUT2D eigenvalue weighted by atomic mass is 10.2. The zero-order chi connectivity index (χ0) is 20.9. The number of nitrogens with one attached hydrogen (secondary N) is 1. The van der Waals surface area contributed by atoms with Gasteiger partial charge in [-0.15, -0.1) is 21.5 Å². The van der Waals surface area contributed by atoms with Crippen molar-refractivity contribution in [3.8, 4) is 17.0 Å². The number of nitrogens with zero attached hydrogens (tertiary/aromatic N) is 3. The number of halogens is 1. The van der Waals surface area contributed by atoms with Crippen LogP contribution in [0.15, 0.2) is 59.1 Å². The number of rotatable bonds is 8. The summed E-state index contributed by atoms with van der Waals surface area (Å²) in [6, 6.07) is 15.0. The maximum atomic E-state index is 12.3. The highest BCUT2D eigenvalue weighted by Gasteiger charge is 2.14. The minimum atomic E-state index is -0.0457. The van der Waals surface area contributed by atoms with Gasteiger partial charge in [-0.1, -0.05) is 35.5 Å². The molecule has 9 heteroatoms. The summed E-state index contributed by atoms with van der Waals surface area (Å²) in [7, 11) is 0. The number of amides is 1. The van der Waals surface area contributed by atoms with E-state index in [0.29, 0.717) is 23.8 Å². The van der Waals surface area contributed by atoms with Crippen molar-refractivity contribution in [2.24, 2.45) is 0 Å². The summed E-state index contributed by atoms with van der Waals surface area (Å²) >= 11 is 9.05. The quantitative estimate of drug-likeness (QED) is 0.346. The largest absolute Gasteiger partial charge is 0.494 e. The molecule has 1 N–H and O–H groups in total. The van der Waals surface area contributed by atoms with Crippen molar-refractivity contribution in [2.45, 2.75) is 18.5 Å². The first-order chi connectivity index (χ1) is 14.6. The number of ether oxygens (including phenoxy) is 1. The fraction of sp³-hybridized carbons (Fsp3) is 0.190. The van der Waals surface area contributed by atoms with E-state index in [9.17, 15) is 4.79 Å². The summed E-state index contributed by atoms with van der Waals surface area (Å²) in [5.41, 5.74) is 2.81. The van der Waals surface area contributed by atoms with E-state index in [4.69, 9.17) is 16.3 Å². The number of aromatic nitrogens is 3. The first kappa shape index (κ1) is 20.7. The number of hydrogen-bond acceptors (Lipinski definition) is 6. The second-order valence-corrected chi connectivity index (χ2v) is 8.67. The third-order valence-electron chi connectivity index (χ3n) is 4.27. The van der Waals surface area contributed by atoms with Gasteiger partial charge in [-0.3, -0.25) is 9.20 Å². The number of carbonyl (C=O) groups is 1. The maximum absolute atomic E-state index is 12.3. The Labute approximate surface area is 187 Å². The van der Waals surface area contributed by atoms with Crippen LogP contribution in [0.1, 0.15) is 13.3 Å². The van der Waals surface area contributed by atoms with Gasteiger partial charge in [-0.2, -0.15) is 0 Å². The van der Waals surface area contributed by atoms with Crippen LogP contribution in [0.2, 0.25) is 5.02 Å². The van der Waals surface area contributed by atoms with Gasteiger partial charge in [-0.25, -0.2) is 0 Å². The van der Waals surface area contributed by atoms with E-state index in [1.54, 1.807) is 0 Å². The molecule has 2 aromatic heterocycles. The van der Waals surface area contributed by atoms with E-state index in [1.165, 1.54) is 23.1 Å². The maximum Gasteiger partial charge on any atom is 0.225 e. The summed E-state index contributed by atoms with van der Waals surface area (Å²) in [5, 5.41) is 14.9. The molecule has 30 heavy (non-hydrogen) atoms. The molecule has 4 rings (SSSR count). The van der Waals surface area contributed by atoms with Crippen molar-refractivity contribution in [2.75, 3.05) is 17.7 Å². The summed E-state index contributed by atoms with van der Waals surface area (Å²) in [6.07, 6.45) is 0.368. The Hall–Kier alpha value is -2.55. The third-order valence-corrected chi connectivity index (χ3v) is 6.27. The van der Waals surface area contributed by atoms with Crippen LogP contribution in [0.5, 0.6) is 5.75 Å². The van der Waals surface area contributed by atoms with E-state index in [-0.39, 0.29) is 5.91 Å². The molecule has 0 aliphatic rings. The van der Waals surface area contributed by atoms with Gasteiger partial charge in [0.2, 0.25) is 10.9 Å². The van der Waals surface area contributed by atoms with Crippen LogP contribution < -0.4 is 10.1 Å². The standard InChI is InChI=1S/C21H19ClN4O2S2/c1-2-28-17-9-7-16(8-10-17)23-19(27)11-12-29-20-24-25-21-26(20)18(13-30-21)14-3-5-15(22)6-4-14/h3-10,13H,2,11-12H2,1H3,(H,23,27). The molecule has 0 saturated heterocycles. The first-order valence-electron chi connectivity index (χ1n) is 9.38. The summed E-state index contributed by atoms with van der Waals surface area (Å²) < 4.78 is 7.43. The lowest BCUT2D eigenvalue weighted by molar-refractivity contribution is -0.115. The van der Waals surface area contributed by atoms with Crippen molar-refractivity contribution in [1.82, 2.24) is 14.6 Å². The van der Waals surface area contributed by atoms with Crippen LogP contribution in [0.25, 0.3) is 16.2 Å². The number of thioether (sulfide) groups is 1. The van der Waals surface area contributed by atoms with Crippen LogP contribution in [-0.4, -0.2) is 32.9 Å². The Morgan fingerprint density at radius 2 is 1.93 bits per heavy atom. The Morgan fingerprint density at radius 1 is 1.17 bits per heavy atom. The van der Waals surface area contributed by atoms with Crippen LogP contribution >= 0.6 is 34.7 Å². The van der Waals surface area contributed by atoms with E-state index in [1.807, 2.05) is 59.9 Å². The van der Waals surface area contributed by atoms with E-state index >= 15 is 0 Å². The van der Waals surface area contributed by atoms with Crippen LogP contribution in [0, 0.1) is 0 Å². The second kappa shape index (κ2) is 9.51. The molecule has 2 heterocycles. The fourth-order valence-electron chi connectivity index (χ4n) is 2.87. The average molecular weight is 459 g/mol. The highest BCUT2D eigenvalue weighted by Crippen LogP contribution is 2.30. The Bertz CT molecular complexity index is 1140. The Morgan fingerprint density at radius 3 is 2.67 bits per heavy atom. The molecule has 0 bridgehead atoms. The molecule has 1 amide bonds. The lowest BCUT2D eigenvalue weighted by Gasteiger charge is -2.07. The highest BCUT2D eigenvalue weighted by atomic mass is 35.5. The van der Waals surface area contributed by atoms with Crippen molar-refractivity contribution < 1.29 is 9.53 Å². The summed E-state index contributed by atoms with van der Waals surface area (Å²) in [6.45, 7) is 2.55. The molecule has 0 atom stereocenters. The molecule has 6 nitrogen and oxygen atoms in total. The van der Waals surface area contributed by atoms with Crippen molar-refractivity contribution in [3.05, 3.63) is 58.9 Å². The van der Waals surface area contributed by atoms with Gasteiger partial charge < -0.3 is 10.1 Å². The fourth-order valence-corrected chi connectivity index (χ4v) is 4.77. The zero-order valence-electron chi connectivity index (χ0n) is 16.2. The molecule has 0 spiro atoms. The normalized spacial score (nSPS) is 11.0. The lowest BCUT2D eigenvalue weighted by Crippen LogP contribution is -2.12. The van der Waals surface area contributed by atoms with E-state index in [0.717, 1.165) is 32.8 Å². The molecule has 4 aromatic rings. The van der Waals surface area contributed by atoms with Gasteiger partial charge in [0.15, 0.2) is 5.16 Å². The SMILES string of the molecule is CCOc1ccc(NC(=O)CCSc2nnc3scc(-c4ccc(Cl)cc4)n23)cc1. The van der Waals surface area contributed by atoms with Gasteiger partial charge in [-0.05, 0) is 48.9 Å². The summed E-state index contributed by atoms with van der Waals surface area (Å²) in [4.78, 5) is 13.1. The smallest absolute Gasteiger partial charge is 0.225 e. The molecule has 0 aliphatic carbocycles. The number of hydrogen-bond donors (Lipinski definition) is 1. The molecule has 2 aromatic carbocycles. The van der Waals surface area contributed by atoms with Crippen LogP contribution in [-0.2, 0) is 4.79 Å². The first-order valence-corrected chi connectivity index (χ1v) is 11.6. The monoisotopic (exact) mass is 458 g/mol. The molecule has 0 radical (unpaired) electrons. The minimum Gasteiger partial charge on any atom is -0.494 e. The van der Waals surface area contributed by atoms with Crippen molar-refractivity contribution in [1.29, 1.82) is 0 Å². The van der Waals surface area contributed by atoms with E-state index < -0.39 is 0 Å². The minimum absolute atomic E-state index is 0.0457. The van der Waals surface area contributed by atoms with Crippen LogP contribution in [0.4, 0.5) is 5.69 Å². The van der Waals surface area contributed by atoms with Gasteiger partial charge >= 0.3 is 0 Å².